The summed E-state index contributed by atoms with van der Waals surface area (Å²) in [6.07, 6.45) is 5.60. The molecule has 1 aliphatic rings. The summed E-state index contributed by atoms with van der Waals surface area (Å²) >= 11 is 0. The lowest BCUT2D eigenvalue weighted by molar-refractivity contribution is -0.114. The van der Waals surface area contributed by atoms with Crippen LogP contribution < -0.4 is 4.74 Å². The second-order valence-electron chi connectivity index (χ2n) is 4.07. The Kier molecular flexibility index (Phi) is 3.40. The highest BCUT2D eigenvalue weighted by molar-refractivity contribution is 5.97. The van der Waals surface area contributed by atoms with Crippen molar-refractivity contribution in [3.8, 4) is 5.75 Å². The monoisotopic (exact) mass is 216 g/mol. The number of ketones is 1. The highest BCUT2D eigenvalue weighted by Crippen LogP contribution is 2.26. The Morgan fingerprint density at radius 1 is 1.06 bits per heavy atom. The molecule has 0 heterocycles. The van der Waals surface area contributed by atoms with Gasteiger partial charge in [-0.2, -0.15) is 0 Å². The minimum absolute atomic E-state index is 0.253. The van der Waals surface area contributed by atoms with Crippen LogP contribution in [0.15, 0.2) is 30.3 Å². The molecule has 2 nitrogen and oxygen atoms in total. The maximum Gasteiger partial charge on any atom is 0.155 e. The molecule has 2 rings (SSSR count). The second kappa shape index (κ2) is 4.97. The molecule has 0 saturated heterocycles. The van der Waals surface area contributed by atoms with Gasteiger partial charge in [-0.3, -0.25) is 4.79 Å². The fourth-order valence-electron chi connectivity index (χ4n) is 1.99. The lowest BCUT2D eigenvalue weighted by atomic mass is 10.0. The molecule has 0 amide bonds. The third-order valence-electron chi connectivity index (χ3n) is 2.92. The molecular formula is C14H16O2. The van der Waals surface area contributed by atoms with Crippen molar-refractivity contribution in [2.45, 2.75) is 25.7 Å². The Balaban J connectivity index is 2.24. The fourth-order valence-corrected chi connectivity index (χ4v) is 1.99. The Bertz CT molecular complexity index is 401. The maximum absolute atomic E-state index is 11.5. The van der Waals surface area contributed by atoms with E-state index < -0.39 is 0 Å². The standard InChI is InChI=1S/C14H16O2/c1-16-14-8-6-11(7-9-14)12-4-2-3-5-13(15)10-12/h6-10H,2-5H2,1H3. The Morgan fingerprint density at radius 2 is 1.75 bits per heavy atom. The molecule has 0 saturated carbocycles. The first-order valence-corrected chi connectivity index (χ1v) is 5.67. The van der Waals surface area contributed by atoms with Crippen LogP contribution in [0.3, 0.4) is 0 Å². The summed E-state index contributed by atoms with van der Waals surface area (Å²) in [7, 11) is 1.66. The molecule has 0 aliphatic heterocycles. The minimum Gasteiger partial charge on any atom is -0.497 e. The van der Waals surface area contributed by atoms with E-state index in [4.69, 9.17) is 4.74 Å². The molecule has 1 aromatic carbocycles. The summed E-state index contributed by atoms with van der Waals surface area (Å²) in [4.78, 5) is 11.5. The number of hydrogen-bond donors (Lipinski definition) is 0. The van der Waals surface area contributed by atoms with E-state index in [1.807, 2.05) is 24.3 Å². The number of hydrogen-bond acceptors (Lipinski definition) is 2. The summed E-state index contributed by atoms with van der Waals surface area (Å²) in [5.41, 5.74) is 2.29. The van der Waals surface area contributed by atoms with E-state index in [0.29, 0.717) is 6.42 Å². The van der Waals surface area contributed by atoms with Crippen LogP contribution in [0, 0.1) is 0 Å². The maximum atomic E-state index is 11.5. The quantitative estimate of drug-likeness (QED) is 0.758. The van der Waals surface area contributed by atoms with Crippen molar-refractivity contribution < 1.29 is 9.53 Å². The number of ether oxygens (including phenoxy) is 1. The Hall–Kier alpha value is -1.57. The van der Waals surface area contributed by atoms with Gasteiger partial charge >= 0.3 is 0 Å². The molecule has 1 aromatic rings. The van der Waals surface area contributed by atoms with Crippen molar-refractivity contribution in [3.05, 3.63) is 35.9 Å². The normalized spacial score (nSPS) is 16.6. The first-order valence-electron chi connectivity index (χ1n) is 5.67. The van der Waals surface area contributed by atoms with E-state index in [1.165, 1.54) is 0 Å². The van der Waals surface area contributed by atoms with Crippen LogP contribution in [0.25, 0.3) is 5.57 Å². The first kappa shape index (κ1) is 10.9. The molecular weight excluding hydrogens is 200 g/mol. The van der Waals surface area contributed by atoms with E-state index in [9.17, 15) is 4.79 Å². The molecule has 0 aromatic heterocycles. The predicted molar refractivity (Wildman–Crippen MR) is 64.4 cm³/mol. The Labute approximate surface area is 95.9 Å². The number of allylic oxidation sites excluding steroid dienone is 2. The van der Waals surface area contributed by atoms with Crippen molar-refractivity contribution in [2.24, 2.45) is 0 Å². The predicted octanol–water partition coefficient (Wildman–Crippen LogP) is 3.22. The SMILES string of the molecule is COc1ccc(C2=CC(=O)CCCC2)cc1. The zero-order valence-corrected chi connectivity index (χ0v) is 9.53. The lowest BCUT2D eigenvalue weighted by Crippen LogP contribution is -1.90. The smallest absolute Gasteiger partial charge is 0.155 e. The van der Waals surface area contributed by atoms with Gasteiger partial charge in [-0.05, 0) is 48.6 Å². The molecule has 2 heteroatoms. The van der Waals surface area contributed by atoms with Gasteiger partial charge in [0.2, 0.25) is 0 Å². The van der Waals surface area contributed by atoms with Gasteiger partial charge in [-0.1, -0.05) is 12.1 Å². The molecule has 0 atom stereocenters. The third-order valence-corrected chi connectivity index (χ3v) is 2.92. The van der Waals surface area contributed by atoms with E-state index in [2.05, 4.69) is 0 Å². The molecule has 0 spiro atoms. The van der Waals surface area contributed by atoms with Gasteiger partial charge < -0.3 is 4.74 Å². The van der Waals surface area contributed by atoms with Crippen LogP contribution in [0.2, 0.25) is 0 Å². The van der Waals surface area contributed by atoms with Gasteiger partial charge in [0.05, 0.1) is 7.11 Å². The molecule has 84 valence electrons. The number of benzene rings is 1. The molecule has 0 N–H and O–H groups in total. The van der Waals surface area contributed by atoms with Gasteiger partial charge in [-0.25, -0.2) is 0 Å². The van der Waals surface area contributed by atoms with Crippen LogP contribution in [-0.4, -0.2) is 12.9 Å². The second-order valence-corrected chi connectivity index (χ2v) is 4.07. The average Bonchev–Trinajstić information content (AvgIpc) is 2.54. The topological polar surface area (TPSA) is 26.3 Å². The van der Waals surface area contributed by atoms with Gasteiger partial charge in [0, 0.05) is 6.42 Å². The van der Waals surface area contributed by atoms with Gasteiger partial charge in [0.25, 0.3) is 0 Å². The highest BCUT2D eigenvalue weighted by Gasteiger charge is 2.09. The number of carbonyl (C=O) groups is 1. The van der Waals surface area contributed by atoms with Crippen molar-refractivity contribution >= 4 is 11.4 Å². The van der Waals surface area contributed by atoms with Crippen molar-refractivity contribution in [1.82, 2.24) is 0 Å². The summed E-state index contributed by atoms with van der Waals surface area (Å²) in [6.45, 7) is 0. The Morgan fingerprint density at radius 3 is 2.44 bits per heavy atom. The number of carbonyl (C=O) groups excluding carboxylic acids is 1. The third kappa shape index (κ3) is 2.51. The molecule has 0 fully saturated rings. The summed E-state index contributed by atoms with van der Waals surface area (Å²) in [5.74, 6) is 1.10. The molecule has 0 radical (unpaired) electrons. The van der Waals surface area contributed by atoms with E-state index >= 15 is 0 Å². The van der Waals surface area contributed by atoms with Crippen LogP contribution in [-0.2, 0) is 4.79 Å². The first-order chi connectivity index (χ1) is 7.79. The van der Waals surface area contributed by atoms with Crippen molar-refractivity contribution in [1.29, 1.82) is 0 Å². The zero-order chi connectivity index (χ0) is 11.4. The van der Waals surface area contributed by atoms with Crippen LogP contribution >= 0.6 is 0 Å². The van der Waals surface area contributed by atoms with Gasteiger partial charge in [0.15, 0.2) is 5.78 Å². The van der Waals surface area contributed by atoms with Crippen LogP contribution in [0.1, 0.15) is 31.2 Å². The zero-order valence-electron chi connectivity index (χ0n) is 9.53. The lowest BCUT2D eigenvalue weighted by Gasteiger charge is -2.06. The van der Waals surface area contributed by atoms with Crippen LogP contribution in [0.5, 0.6) is 5.75 Å². The average molecular weight is 216 g/mol. The van der Waals surface area contributed by atoms with Gasteiger partial charge in [0.1, 0.15) is 5.75 Å². The minimum atomic E-state index is 0.253. The van der Waals surface area contributed by atoms with Gasteiger partial charge in [-0.15, -0.1) is 0 Å². The summed E-state index contributed by atoms with van der Waals surface area (Å²) < 4.78 is 5.12. The molecule has 0 bridgehead atoms. The largest absolute Gasteiger partial charge is 0.497 e. The fraction of sp³-hybridized carbons (Fsp3) is 0.357. The van der Waals surface area contributed by atoms with E-state index in [0.717, 1.165) is 36.1 Å². The number of methoxy groups -OCH3 is 1. The summed E-state index contributed by atoms with van der Waals surface area (Å²) in [5, 5.41) is 0. The summed E-state index contributed by atoms with van der Waals surface area (Å²) in [6, 6.07) is 7.91. The van der Waals surface area contributed by atoms with E-state index in [-0.39, 0.29) is 5.78 Å². The van der Waals surface area contributed by atoms with Crippen LogP contribution in [0.4, 0.5) is 0 Å². The van der Waals surface area contributed by atoms with Crippen molar-refractivity contribution in [3.63, 3.8) is 0 Å². The molecule has 16 heavy (non-hydrogen) atoms. The highest BCUT2D eigenvalue weighted by atomic mass is 16.5. The van der Waals surface area contributed by atoms with E-state index in [1.54, 1.807) is 13.2 Å². The van der Waals surface area contributed by atoms with Crippen molar-refractivity contribution in [2.75, 3.05) is 7.11 Å². The molecule has 0 unspecified atom stereocenters. The molecule has 1 aliphatic carbocycles. The number of rotatable bonds is 2.